The van der Waals surface area contributed by atoms with E-state index >= 15 is 0 Å². The van der Waals surface area contributed by atoms with Crippen molar-refractivity contribution in [3.63, 3.8) is 0 Å². The van der Waals surface area contributed by atoms with E-state index in [2.05, 4.69) is 10.3 Å². The number of hydrogen-bond donors (Lipinski definition) is 2. The van der Waals surface area contributed by atoms with Crippen LogP contribution in [0.5, 0.6) is 5.75 Å². The summed E-state index contributed by atoms with van der Waals surface area (Å²) in [6.45, 7) is 6.11. The molecule has 3 N–H and O–H groups in total. The molecule has 6 heteroatoms. The molecule has 0 aliphatic carbocycles. The lowest BCUT2D eigenvalue weighted by Crippen LogP contribution is -2.34. The molecule has 1 aromatic carbocycles. The first-order valence-electron chi connectivity index (χ1n) is 7.09. The molecule has 1 amide bonds. The Morgan fingerprint density at radius 2 is 2.14 bits per heavy atom. The van der Waals surface area contributed by atoms with Gasteiger partial charge in [-0.3, -0.25) is 4.98 Å². The van der Waals surface area contributed by atoms with Crippen LogP contribution in [0.25, 0.3) is 10.9 Å². The fourth-order valence-electron chi connectivity index (χ4n) is 1.91. The van der Waals surface area contributed by atoms with E-state index < -0.39 is 11.7 Å². The second-order valence-electron chi connectivity index (χ2n) is 5.86. The first-order valence-corrected chi connectivity index (χ1v) is 7.09. The van der Waals surface area contributed by atoms with E-state index in [0.717, 1.165) is 10.9 Å². The zero-order chi connectivity index (χ0) is 16.2. The van der Waals surface area contributed by atoms with E-state index in [4.69, 9.17) is 15.2 Å². The summed E-state index contributed by atoms with van der Waals surface area (Å²) in [5.74, 6) is 0.643. The standard InChI is InChI=1S/C16H21N3O3/c1-16(2,3)22-15(20)19-7-8-21-12-9-11-5-4-6-18-14(11)13(17)10-12/h4-6,9-10H,7-8,17H2,1-3H3,(H,19,20). The second-order valence-corrected chi connectivity index (χ2v) is 5.86. The van der Waals surface area contributed by atoms with Crippen molar-refractivity contribution in [3.8, 4) is 5.75 Å². The average Bonchev–Trinajstić information content (AvgIpc) is 2.42. The van der Waals surface area contributed by atoms with Gasteiger partial charge in [0.1, 0.15) is 18.0 Å². The van der Waals surface area contributed by atoms with Crippen molar-refractivity contribution in [1.29, 1.82) is 0 Å². The van der Waals surface area contributed by atoms with E-state index in [1.54, 1.807) is 12.3 Å². The number of rotatable bonds is 4. The normalized spacial score (nSPS) is 11.2. The van der Waals surface area contributed by atoms with Crippen molar-refractivity contribution in [3.05, 3.63) is 30.5 Å². The summed E-state index contributed by atoms with van der Waals surface area (Å²) in [5.41, 5.74) is 6.75. The van der Waals surface area contributed by atoms with Crippen molar-refractivity contribution in [2.45, 2.75) is 26.4 Å². The number of amides is 1. The summed E-state index contributed by atoms with van der Waals surface area (Å²) in [6.07, 6.45) is 1.24. The van der Waals surface area contributed by atoms with Gasteiger partial charge in [-0.25, -0.2) is 4.79 Å². The van der Waals surface area contributed by atoms with Crippen molar-refractivity contribution in [1.82, 2.24) is 10.3 Å². The van der Waals surface area contributed by atoms with Crippen LogP contribution >= 0.6 is 0 Å². The first kappa shape index (κ1) is 15.9. The van der Waals surface area contributed by atoms with E-state index in [1.165, 1.54) is 0 Å². The first-order chi connectivity index (χ1) is 10.3. The lowest BCUT2D eigenvalue weighted by molar-refractivity contribution is 0.0520. The van der Waals surface area contributed by atoms with Crippen LogP contribution in [-0.2, 0) is 4.74 Å². The maximum atomic E-state index is 11.5. The van der Waals surface area contributed by atoms with Crippen LogP contribution in [0, 0.1) is 0 Å². The number of nitrogens with two attached hydrogens (primary N) is 1. The summed E-state index contributed by atoms with van der Waals surface area (Å²) in [5, 5.41) is 3.55. The Kier molecular flexibility index (Phi) is 4.70. The fourth-order valence-corrected chi connectivity index (χ4v) is 1.91. The van der Waals surface area contributed by atoms with Gasteiger partial charge in [0.2, 0.25) is 0 Å². The molecular weight excluding hydrogens is 282 g/mol. The van der Waals surface area contributed by atoms with E-state index in [-0.39, 0.29) is 0 Å². The van der Waals surface area contributed by atoms with Gasteiger partial charge < -0.3 is 20.5 Å². The third kappa shape index (κ3) is 4.51. The molecule has 0 aliphatic heterocycles. The highest BCUT2D eigenvalue weighted by Gasteiger charge is 2.15. The molecule has 0 atom stereocenters. The second kappa shape index (κ2) is 6.51. The number of carbonyl (C=O) groups excluding carboxylic acids is 1. The minimum atomic E-state index is -0.509. The number of ether oxygens (including phenoxy) is 2. The summed E-state index contributed by atoms with van der Waals surface area (Å²) in [6, 6.07) is 7.36. The number of nitrogen functional groups attached to an aromatic ring is 1. The van der Waals surface area contributed by atoms with Crippen molar-refractivity contribution in [2.75, 3.05) is 18.9 Å². The molecule has 0 spiro atoms. The minimum absolute atomic E-state index is 0.324. The van der Waals surface area contributed by atoms with Gasteiger partial charge in [0, 0.05) is 17.6 Å². The number of alkyl carbamates (subject to hydrolysis) is 1. The van der Waals surface area contributed by atoms with Gasteiger partial charge in [-0.1, -0.05) is 6.07 Å². The van der Waals surface area contributed by atoms with Crippen LogP contribution in [0.3, 0.4) is 0 Å². The highest BCUT2D eigenvalue weighted by Crippen LogP contribution is 2.25. The Balaban J connectivity index is 1.86. The van der Waals surface area contributed by atoms with E-state index in [9.17, 15) is 4.79 Å². The molecule has 0 aliphatic rings. The summed E-state index contributed by atoms with van der Waals surface area (Å²) < 4.78 is 10.7. The quantitative estimate of drug-likeness (QED) is 0.670. The smallest absolute Gasteiger partial charge is 0.407 e. The number of nitrogens with one attached hydrogen (secondary N) is 1. The molecule has 2 aromatic rings. The van der Waals surface area contributed by atoms with Crippen LogP contribution < -0.4 is 15.8 Å². The lowest BCUT2D eigenvalue weighted by atomic mass is 10.2. The molecule has 0 fully saturated rings. The average molecular weight is 303 g/mol. The number of anilines is 1. The summed E-state index contributed by atoms with van der Waals surface area (Å²) in [4.78, 5) is 15.7. The van der Waals surface area contributed by atoms with Gasteiger partial charge in [-0.2, -0.15) is 0 Å². The van der Waals surface area contributed by atoms with Crippen molar-refractivity contribution in [2.24, 2.45) is 0 Å². The number of carbonyl (C=O) groups is 1. The number of aromatic nitrogens is 1. The van der Waals surface area contributed by atoms with Crippen LogP contribution in [0.15, 0.2) is 30.5 Å². The molecular formula is C16H21N3O3. The van der Waals surface area contributed by atoms with E-state index in [1.807, 2.05) is 39.0 Å². The molecule has 0 unspecified atom stereocenters. The fraction of sp³-hybridized carbons (Fsp3) is 0.375. The highest BCUT2D eigenvalue weighted by atomic mass is 16.6. The molecule has 1 aromatic heterocycles. The maximum Gasteiger partial charge on any atom is 0.407 e. The summed E-state index contributed by atoms with van der Waals surface area (Å²) in [7, 11) is 0. The third-order valence-electron chi connectivity index (χ3n) is 2.75. The van der Waals surface area contributed by atoms with Crippen LogP contribution in [0.1, 0.15) is 20.8 Å². The molecule has 6 nitrogen and oxygen atoms in total. The predicted molar refractivity (Wildman–Crippen MR) is 85.9 cm³/mol. The molecule has 118 valence electrons. The Bertz CT molecular complexity index is 665. The number of benzene rings is 1. The van der Waals surface area contributed by atoms with Crippen LogP contribution in [-0.4, -0.2) is 29.8 Å². The Hall–Kier alpha value is -2.50. The van der Waals surface area contributed by atoms with E-state index in [0.29, 0.717) is 24.6 Å². The maximum absolute atomic E-state index is 11.5. The van der Waals surface area contributed by atoms with Crippen LogP contribution in [0.4, 0.5) is 10.5 Å². The number of nitrogens with zero attached hydrogens (tertiary/aromatic N) is 1. The zero-order valence-electron chi connectivity index (χ0n) is 13.1. The Morgan fingerprint density at radius 1 is 1.36 bits per heavy atom. The van der Waals surface area contributed by atoms with Gasteiger partial charge >= 0.3 is 6.09 Å². The molecule has 0 saturated heterocycles. The molecule has 2 rings (SSSR count). The molecule has 0 radical (unpaired) electrons. The van der Waals surface area contributed by atoms with Gasteiger partial charge in [-0.05, 0) is 32.9 Å². The minimum Gasteiger partial charge on any atom is -0.492 e. The predicted octanol–water partition coefficient (Wildman–Crippen LogP) is 2.72. The van der Waals surface area contributed by atoms with Gasteiger partial charge in [0.15, 0.2) is 0 Å². The number of pyridine rings is 1. The number of fused-ring (bicyclic) bond motifs is 1. The largest absolute Gasteiger partial charge is 0.492 e. The highest BCUT2D eigenvalue weighted by molar-refractivity contribution is 5.90. The number of hydrogen-bond acceptors (Lipinski definition) is 5. The lowest BCUT2D eigenvalue weighted by Gasteiger charge is -2.19. The SMILES string of the molecule is CC(C)(C)OC(=O)NCCOc1cc(N)c2ncccc2c1. The zero-order valence-corrected chi connectivity index (χ0v) is 13.1. The monoisotopic (exact) mass is 303 g/mol. The molecule has 1 heterocycles. The summed E-state index contributed by atoms with van der Waals surface area (Å²) >= 11 is 0. The third-order valence-corrected chi connectivity index (χ3v) is 2.75. The Morgan fingerprint density at radius 3 is 2.86 bits per heavy atom. The topological polar surface area (TPSA) is 86.5 Å². The molecule has 0 bridgehead atoms. The van der Waals surface area contributed by atoms with Crippen molar-refractivity contribution >= 4 is 22.7 Å². The van der Waals surface area contributed by atoms with Gasteiger partial charge in [0.25, 0.3) is 0 Å². The Labute approximate surface area is 129 Å². The van der Waals surface area contributed by atoms with Crippen molar-refractivity contribution < 1.29 is 14.3 Å². The molecule has 0 saturated carbocycles. The van der Waals surface area contributed by atoms with Crippen LogP contribution in [0.2, 0.25) is 0 Å². The van der Waals surface area contributed by atoms with Gasteiger partial charge in [0.05, 0.1) is 17.7 Å². The van der Waals surface area contributed by atoms with Gasteiger partial charge in [-0.15, -0.1) is 0 Å². The molecule has 22 heavy (non-hydrogen) atoms.